The van der Waals surface area contributed by atoms with E-state index in [0.717, 1.165) is 31.2 Å². The second-order valence-corrected chi connectivity index (χ2v) is 15.6. The van der Waals surface area contributed by atoms with Gasteiger partial charge in [0.25, 0.3) is 0 Å². The smallest absolute Gasteiger partial charge is 0.207 e. The predicted octanol–water partition coefficient (Wildman–Crippen LogP) is 4.82. The number of sulfonamides is 1. The van der Waals surface area contributed by atoms with E-state index in [-0.39, 0.29) is 6.04 Å². The molecule has 3 nitrogen and oxygen atoms in total. The Morgan fingerprint density at radius 2 is 1.83 bits per heavy atom. The van der Waals surface area contributed by atoms with Gasteiger partial charge in [0.2, 0.25) is 10.0 Å². The summed E-state index contributed by atoms with van der Waals surface area (Å²) < 4.78 is 26.7. The van der Waals surface area contributed by atoms with Crippen LogP contribution in [0.15, 0.2) is 41.3 Å². The number of unbranched alkanes of at least 4 members (excludes halogenated alkanes) is 1. The van der Waals surface area contributed by atoms with Crippen LogP contribution in [0.2, 0.25) is 25.7 Å². The van der Waals surface area contributed by atoms with Crippen LogP contribution in [0.3, 0.4) is 0 Å². The SMILES string of the molecule is C=C(CCCC[C@@H]1CN1S(=O)(=O)c1ccc(C)cc1)C[Si](C)(C)C. The molecule has 2 rings (SSSR count). The van der Waals surface area contributed by atoms with Gasteiger partial charge in [-0.2, -0.15) is 4.31 Å². The topological polar surface area (TPSA) is 37.1 Å². The molecular formula is C19H31NO2SSi. The molecule has 0 aromatic heterocycles. The highest BCUT2D eigenvalue weighted by Gasteiger charge is 2.43. The molecule has 0 spiro atoms. The highest BCUT2D eigenvalue weighted by atomic mass is 32.2. The quantitative estimate of drug-likeness (QED) is 0.272. The van der Waals surface area contributed by atoms with E-state index < -0.39 is 18.1 Å². The van der Waals surface area contributed by atoms with Gasteiger partial charge in [-0.25, -0.2) is 8.42 Å². The van der Waals surface area contributed by atoms with Gasteiger partial charge in [0.15, 0.2) is 0 Å². The van der Waals surface area contributed by atoms with E-state index in [1.807, 2.05) is 19.1 Å². The third kappa shape index (κ3) is 5.57. The molecule has 2 atom stereocenters. The molecule has 1 aliphatic heterocycles. The Balaban J connectivity index is 1.74. The summed E-state index contributed by atoms with van der Waals surface area (Å²) in [6, 6.07) is 8.53. The normalized spacial score (nSPS) is 20.8. The van der Waals surface area contributed by atoms with Crippen molar-refractivity contribution in [2.75, 3.05) is 6.54 Å². The minimum atomic E-state index is -3.29. The van der Waals surface area contributed by atoms with Crippen molar-refractivity contribution in [3.05, 3.63) is 42.0 Å². The number of hydrogen-bond donors (Lipinski definition) is 0. The van der Waals surface area contributed by atoms with Gasteiger partial charge in [-0.1, -0.05) is 49.3 Å². The molecule has 1 aliphatic rings. The van der Waals surface area contributed by atoms with Crippen molar-refractivity contribution >= 4 is 18.1 Å². The molecule has 0 amide bonds. The zero-order valence-electron chi connectivity index (χ0n) is 15.5. The van der Waals surface area contributed by atoms with Gasteiger partial charge in [-0.3, -0.25) is 0 Å². The van der Waals surface area contributed by atoms with Crippen molar-refractivity contribution in [2.24, 2.45) is 0 Å². The van der Waals surface area contributed by atoms with Crippen LogP contribution in [0, 0.1) is 6.92 Å². The molecule has 1 aromatic rings. The number of rotatable bonds is 9. The third-order valence-corrected chi connectivity index (χ3v) is 7.88. The summed E-state index contributed by atoms with van der Waals surface area (Å²) in [4.78, 5) is 0.416. The summed E-state index contributed by atoms with van der Waals surface area (Å²) in [5.74, 6) is 0. The predicted molar refractivity (Wildman–Crippen MR) is 105 cm³/mol. The highest BCUT2D eigenvalue weighted by Crippen LogP contribution is 2.32. The fraction of sp³-hybridized carbons (Fsp3) is 0.579. The largest absolute Gasteiger partial charge is 0.243 e. The van der Waals surface area contributed by atoms with E-state index in [1.54, 1.807) is 16.4 Å². The fourth-order valence-electron chi connectivity index (χ4n) is 3.13. The van der Waals surface area contributed by atoms with Gasteiger partial charge in [-0.15, -0.1) is 6.58 Å². The molecule has 24 heavy (non-hydrogen) atoms. The van der Waals surface area contributed by atoms with Crippen molar-refractivity contribution in [3.8, 4) is 0 Å². The van der Waals surface area contributed by atoms with Gasteiger partial charge in [0.05, 0.1) is 4.90 Å². The fourth-order valence-corrected chi connectivity index (χ4v) is 6.42. The molecule has 5 heteroatoms. The van der Waals surface area contributed by atoms with Crippen LogP contribution < -0.4 is 0 Å². The molecule has 0 bridgehead atoms. The Bertz CT molecular complexity index is 674. The van der Waals surface area contributed by atoms with Crippen LogP contribution in [0.5, 0.6) is 0 Å². The third-order valence-electron chi connectivity index (χ3n) is 4.39. The number of nitrogens with zero attached hydrogens (tertiary/aromatic N) is 1. The maximum absolute atomic E-state index is 12.5. The number of hydrogen-bond acceptors (Lipinski definition) is 2. The Hall–Kier alpha value is -0.913. The molecular weight excluding hydrogens is 334 g/mol. The lowest BCUT2D eigenvalue weighted by Crippen LogP contribution is -2.19. The van der Waals surface area contributed by atoms with Gasteiger partial charge < -0.3 is 0 Å². The van der Waals surface area contributed by atoms with Crippen molar-refractivity contribution in [1.29, 1.82) is 0 Å². The van der Waals surface area contributed by atoms with E-state index in [2.05, 4.69) is 26.2 Å². The van der Waals surface area contributed by atoms with Gasteiger partial charge >= 0.3 is 0 Å². The summed E-state index contributed by atoms with van der Waals surface area (Å²) in [6.07, 6.45) is 4.25. The lowest BCUT2D eigenvalue weighted by Gasteiger charge is -2.17. The summed E-state index contributed by atoms with van der Waals surface area (Å²) in [5, 5.41) is 0. The molecule has 134 valence electrons. The zero-order chi connectivity index (χ0) is 18.0. The van der Waals surface area contributed by atoms with Gasteiger partial charge in [0.1, 0.15) is 0 Å². The summed E-state index contributed by atoms with van der Waals surface area (Å²) in [5.41, 5.74) is 2.45. The van der Waals surface area contributed by atoms with E-state index in [0.29, 0.717) is 11.4 Å². The molecule has 1 aromatic carbocycles. The van der Waals surface area contributed by atoms with Crippen LogP contribution in [0.1, 0.15) is 31.2 Å². The highest BCUT2D eigenvalue weighted by molar-refractivity contribution is 7.89. The second-order valence-electron chi connectivity index (χ2n) is 8.27. The first-order valence-electron chi connectivity index (χ1n) is 8.85. The average Bonchev–Trinajstić information content (AvgIpc) is 3.22. The Kier molecular flexibility index (Phi) is 6.10. The first kappa shape index (κ1) is 19.4. The van der Waals surface area contributed by atoms with Crippen molar-refractivity contribution in [1.82, 2.24) is 4.31 Å². The van der Waals surface area contributed by atoms with E-state index >= 15 is 0 Å². The van der Waals surface area contributed by atoms with Crippen LogP contribution >= 0.6 is 0 Å². The van der Waals surface area contributed by atoms with Gasteiger partial charge in [-0.05, 0) is 44.4 Å². The number of aryl methyl sites for hydroxylation is 1. The first-order valence-corrected chi connectivity index (χ1v) is 14.0. The Morgan fingerprint density at radius 1 is 1.21 bits per heavy atom. The number of allylic oxidation sites excluding steroid dienone is 1. The van der Waals surface area contributed by atoms with Crippen LogP contribution in [-0.2, 0) is 10.0 Å². The van der Waals surface area contributed by atoms with Crippen molar-refractivity contribution in [2.45, 2.75) is 69.2 Å². The lowest BCUT2D eigenvalue weighted by atomic mass is 10.1. The van der Waals surface area contributed by atoms with Crippen molar-refractivity contribution < 1.29 is 8.42 Å². The summed E-state index contributed by atoms with van der Waals surface area (Å²) in [6.45, 7) is 14.0. The lowest BCUT2D eigenvalue weighted by molar-refractivity contribution is 0.540. The van der Waals surface area contributed by atoms with Crippen molar-refractivity contribution in [3.63, 3.8) is 0 Å². The zero-order valence-corrected chi connectivity index (χ0v) is 17.3. The molecule has 1 unspecified atom stereocenters. The minimum absolute atomic E-state index is 0.196. The Morgan fingerprint density at radius 3 is 2.42 bits per heavy atom. The average molecular weight is 366 g/mol. The Labute approximate surface area is 148 Å². The van der Waals surface area contributed by atoms with E-state index in [9.17, 15) is 8.42 Å². The maximum atomic E-state index is 12.5. The standard InChI is InChI=1S/C19H31NO2SSi/c1-16-10-12-19(13-11-16)23(21,22)20-14-18(20)9-7-6-8-17(2)15-24(3,4)5/h10-13,18H,2,6-9,14-15H2,1,3-5H3/t18-,20?/m1/s1. The number of benzene rings is 1. The van der Waals surface area contributed by atoms with E-state index in [4.69, 9.17) is 0 Å². The van der Waals surface area contributed by atoms with Gasteiger partial charge in [0, 0.05) is 20.7 Å². The monoisotopic (exact) mass is 365 g/mol. The molecule has 1 fully saturated rings. The van der Waals surface area contributed by atoms with Crippen LogP contribution in [0.4, 0.5) is 0 Å². The second kappa shape index (κ2) is 7.54. The van der Waals surface area contributed by atoms with Crippen LogP contribution in [0.25, 0.3) is 0 Å². The molecule has 0 N–H and O–H groups in total. The minimum Gasteiger partial charge on any atom is -0.207 e. The molecule has 0 radical (unpaired) electrons. The molecule has 0 saturated carbocycles. The molecule has 1 saturated heterocycles. The van der Waals surface area contributed by atoms with E-state index in [1.165, 1.54) is 11.6 Å². The summed E-state index contributed by atoms with van der Waals surface area (Å²) >= 11 is 0. The first-order chi connectivity index (χ1) is 11.1. The molecule has 0 aliphatic carbocycles. The maximum Gasteiger partial charge on any atom is 0.243 e. The summed E-state index contributed by atoms with van der Waals surface area (Å²) in [7, 11) is -4.34. The van der Waals surface area contributed by atoms with Crippen LogP contribution in [-0.4, -0.2) is 33.4 Å². The molecule has 1 heterocycles.